The molecule has 0 spiro atoms. The molecule has 0 radical (unpaired) electrons. The summed E-state index contributed by atoms with van der Waals surface area (Å²) in [4.78, 5) is 5.91. The zero-order valence-electron chi connectivity index (χ0n) is 14.9. The summed E-state index contributed by atoms with van der Waals surface area (Å²) in [5.74, 6) is 0.346. The molecule has 27 heavy (non-hydrogen) atoms. The van der Waals surface area contributed by atoms with Crippen LogP contribution in [0.3, 0.4) is 0 Å². The molecule has 3 aromatic rings. The molecule has 2 heterocycles. The van der Waals surface area contributed by atoms with Gasteiger partial charge in [0.25, 0.3) is 0 Å². The Bertz CT molecular complexity index is 902. The van der Waals surface area contributed by atoms with Crippen molar-refractivity contribution in [1.29, 1.82) is 0 Å². The lowest BCUT2D eigenvalue weighted by atomic mass is 10.2. The molecular weight excluding hydrogens is 379 g/mol. The van der Waals surface area contributed by atoms with Crippen LogP contribution in [0.1, 0.15) is 17.1 Å². The van der Waals surface area contributed by atoms with Crippen molar-refractivity contribution in [3.05, 3.63) is 65.0 Å². The molecule has 3 rings (SSSR count). The maximum Gasteiger partial charge on any atom is 0.406 e. The van der Waals surface area contributed by atoms with Crippen LogP contribution in [-0.2, 0) is 19.6 Å². The highest BCUT2D eigenvalue weighted by Crippen LogP contribution is 2.25. The van der Waals surface area contributed by atoms with Crippen molar-refractivity contribution < 1.29 is 13.2 Å². The summed E-state index contributed by atoms with van der Waals surface area (Å²) in [5, 5.41) is 4.97. The molecule has 5 nitrogen and oxygen atoms in total. The number of aromatic nitrogens is 4. The van der Waals surface area contributed by atoms with Crippen LogP contribution in [0.25, 0.3) is 5.69 Å². The van der Waals surface area contributed by atoms with E-state index in [1.807, 2.05) is 49.2 Å². The zero-order valence-corrected chi connectivity index (χ0v) is 15.7. The van der Waals surface area contributed by atoms with Crippen molar-refractivity contribution >= 4 is 11.6 Å². The molecule has 0 N–H and O–H groups in total. The summed E-state index contributed by atoms with van der Waals surface area (Å²) in [6, 6.07) is 9.51. The maximum atomic E-state index is 12.7. The minimum absolute atomic E-state index is 0.259. The van der Waals surface area contributed by atoms with E-state index in [1.54, 1.807) is 4.68 Å². The SMILES string of the molecule is Cc1nn(-c2ccccc2)c(Cl)c1CN(C)Cc1nccn1CC(F)(F)F. The second kappa shape index (κ2) is 7.74. The van der Waals surface area contributed by atoms with Gasteiger partial charge in [0.15, 0.2) is 0 Å². The van der Waals surface area contributed by atoms with Crippen LogP contribution < -0.4 is 0 Å². The molecule has 144 valence electrons. The Balaban J connectivity index is 1.75. The van der Waals surface area contributed by atoms with Crippen LogP contribution in [0, 0.1) is 6.92 Å². The van der Waals surface area contributed by atoms with E-state index in [4.69, 9.17) is 11.6 Å². The molecule has 9 heteroatoms. The molecule has 0 atom stereocenters. The van der Waals surface area contributed by atoms with E-state index < -0.39 is 12.7 Å². The van der Waals surface area contributed by atoms with E-state index in [2.05, 4.69) is 10.1 Å². The average molecular weight is 398 g/mol. The van der Waals surface area contributed by atoms with Crippen molar-refractivity contribution in [3.63, 3.8) is 0 Å². The average Bonchev–Trinajstić information content (AvgIpc) is 3.13. The van der Waals surface area contributed by atoms with E-state index in [0.29, 0.717) is 17.5 Å². The third-order valence-electron chi connectivity index (χ3n) is 4.11. The Labute approximate surface area is 160 Å². The number of alkyl halides is 3. The Morgan fingerprint density at radius 3 is 2.52 bits per heavy atom. The van der Waals surface area contributed by atoms with Crippen LogP contribution in [0.5, 0.6) is 0 Å². The normalized spacial score (nSPS) is 12.1. The summed E-state index contributed by atoms with van der Waals surface area (Å²) < 4.78 is 40.8. The minimum atomic E-state index is -4.29. The van der Waals surface area contributed by atoms with Crippen LogP contribution in [0.15, 0.2) is 42.7 Å². The molecule has 0 saturated heterocycles. The topological polar surface area (TPSA) is 38.9 Å². The Kier molecular flexibility index (Phi) is 5.57. The lowest BCUT2D eigenvalue weighted by Crippen LogP contribution is -2.24. The van der Waals surface area contributed by atoms with Gasteiger partial charge in [0.05, 0.1) is 17.9 Å². The molecule has 0 unspecified atom stereocenters. The predicted octanol–water partition coefficient (Wildman–Crippen LogP) is 4.22. The number of imidazole rings is 1. The lowest BCUT2D eigenvalue weighted by molar-refractivity contribution is -0.141. The number of para-hydroxylation sites is 1. The van der Waals surface area contributed by atoms with Gasteiger partial charge in [0, 0.05) is 24.5 Å². The Morgan fingerprint density at radius 1 is 1.15 bits per heavy atom. The van der Waals surface area contributed by atoms with Gasteiger partial charge in [0.1, 0.15) is 17.5 Å². The molecule has 0 aliphatic rings. The van der Waals surface area contributed by atoms with Gasteiger partial charge in [-0.2, -0.15) is 18.3 Å². The van der Waals surface area contributed by atoms with Crippen molar-refractivity contribution in [2.75, 3.05) is 7.05 Å². The van der Waals surface area contributed by atoms with Crippen molar-refractivity contribution in [3.8, 4) is 5.69 Å². The third-order valence-corrected chi connectivity index (χ3v) is 4.50. The molecule has 1 aromatic carbocycles. The second-order valence-electron chi connectivity index (χ2n) is 6.36. The summed E-state index contributed by atoms with van der Waals surface area (Å²) in [5.41, 5.74) is 2.45. The first kappa shape index (κ1) is 19.4. The lowest BCUT2D eigenvalue weighted by Gasteiger charge is -2.18. The largest absolute Gasteiger partial charge is 0.406 e. The van der Waals surface area contributed by atoms with Gasteiger partial charge in [-0.1, -0.05) is 29.8 Å². The van der Waals surface area contributed by atoms with Gasteiger partial charge in [-0.15, -0.1) is 0 Å². The summed E-state index contributed by atoms with van der Waals surface area (Å²) in [6.07, 6.45) is -1.58. The van der Waals surface area contributed by atoms with Gasteiger partial charge < -0.3 is 4.57 Å². The highest BCUT2D eigenvalue weighted by atomic mass is 35.5. The quantitative estimate of drug-likeness (QED) is 0.625. The first-order chi connectivity index (χ1) is 12.7. The fourth-order valence-electron chi connectivity index (χ4n) is 2.85. The van der Waals surface area contributed by atoms with Gasteiger partial charge >= 0.3 is 6.18 Å². The van der Waals surface area contributed by atoms with Crippen LogP contribution >= 0.6 is 11.6 Å². The zero-order chi connectivity index (χ0) is 19.6. The van der Waals surface area contributed by atoms with E-state index in [0.717, 1.165) is 21.5 Å². The van der Waals surface area contributed by atoms with Gasteiger partial charge in [-0.05, 0) is 26.1 Å². The number of benzene rings is 1. The van der Waals surface area contributed by atoms with Crippen LogP contribution in [0.2, 0.25) is 5.15 Å². The summed E-state index contributed by atoms with van der Waals surface area (Å²) >= 11 is 6.51. The van der Waals surface area contributed by atoms with Crippen molar-refractivity contribution in [1.82, 2.24) is 24.2 Å². The third kappa shape index (κ3) is 4.70. The maximum absolute atomic E-state index is 12.7. The monoisotopic (exact) mass is 397 g/mol. The molecule has 0 bridgehead atoms. The van der Waals surface area contributed by atoms with E-state index in [1.165, 1.54) is 12.4 Å². The fourth-order valence-corrected chi connectivity index (χ4v) is 3.18. The summed E-state index contributed by atoms with van der Waals surface area (Å²) in [7, 11) is 1.81. The van der Waals surface area contributed by atoms with Crippen LogP contribution in [-0.4, -0.2) is 37.5 Å². The smallest absolute Gasteiger partial charge is 0.325 e. The second-order valence-corrected chi connectivity index (χ2v) is 6.72. The molecular formula is C18H19ClF3N5. The number of hydrogen-bond donors (Lipinski definition) is 0. The van der Waals surface area contributed by atoms with Crippen molar-refractivity contribution in [2.24, 2.45) is 0 Å². The molecule has 0 saturated carbocycles. The minimum Gasteiger partial charge on any atom is -0.325 e. The first-order valence-corrected chi connectivity index (χ1v) is 8.67. The first-order valence-electron chi connectivity index (χ1n) is 8.29. The van der Waals surface area contributed by atoms with E-state index in [9.17, 15) is 13.2 Å². The number of nitrogens with zero attached hydrogens (tertiary/aromatic N) is 5. The number of hydrogen-bond acceptors (Lipinski definition) is 3. The highest BCUT2D eigenvalue weighted by Gasteiger charge is 2.29. The molecule has 2 aromatic heterocycles. The highest BCUT2D eigenvalue weighted by molar-refractivity contribution is 6.30. The Morgan fingerprint density at radius 2 is 1.85 bits per heavy atom. The van der Waals surface area contributed by atoms with Crippen LogP contribution in [0.4, 0.5) is 13.2 Å². The standard InChI is InChI=1S/C18H19ClF3N5/c1-13-15(17(19)27(24-13)14-6-4-3-5-7-14)10-25(2)11-16-23-8-9-26(16)12-18(20,21)22/h3-9H,10-12H2,1-2H3. The summed E-state index contributed by atoms with van der Waals surface area (Å²) in [6.45, 7) is 1.51. The number of rotatable bonds is 6. The Hall–Kier alpha value is -2.32. The number of aryl methyl sites for hydroxylation is 1. The van der Waals surface area contributed by atoms with Gasteiger partial charge in [0.2, 0.25) is 0 Å². The predicted molar refractivity (Wildman–Crippen MR) is 96.8 cm³/mol. The molecule has 0 aliphatic heterocycles. The van der Waals surface area contributed by atoms with Gasteiger partial charge in [-0.3, -0.25) is 4.90 Å². The molecule has 0 amide bonds. The molecule has 0 aliphatic carbocycles. The van der Waals surface area contributed by atoms with Crippen molar-refractivity contribution in [2.45, 2.75) is 32.7 Å². The van der Waals surface area contributed by atoms with E-state index >= 15 is 0 Å². The molecule has 0 fully saturated rings. The van der Waals surface area contributed by atoms with Gasteiger partial charge in [-0.25, -0.2) is 9.67 Å². The van der Waals surface area contributed by atoms with E-state index in [-0.39, 0.29) is 6.54 Å². The fraction of sp³-hybridized carbons (Fsp3) is 0.333. The number of halogens is 4.